The highest BCUT2D eigenvalue weighted by atomic mass is 16.1. The molecule has 2 aromatic rings. The summed E-state index contributed by atoms with van der Waals surface area (Å²) in [6, 6.07) is 8.58. The lowest BCUT2D eigenvalue weighted by Gasteiger charge is -2.08. The monoisotopic (exact) mass is 211 g/mol. The maximum absolute atomic E-state index is 11.6. The SMILES string of the molecule is C#Cc1cccc2ccc(=O)n(CC=O)c12. The Labute approximate surface area is 92.3 Å². The van der Waals surface area contributed by atoms with E-state index in [9.17, 15) is 9.59 Å². The Hall–Kier alpha value is -2.34. The molecule has 0 radical (unpaired) electrons. The van der Waals surface area contributed by atoms with E-state index in [1.807, 2.05) is 12.1 Å². The molecule has 0 saturated heterocycles. The number of pyridine rings is 1. The Morgan fingerprint density at radius 3 is 2.81 bits per heavy atom. The number of carbonyl (C=O) groups is 1. The van der Waals surface area contributed by atoms with Gasteiger partial charge in [-0.2, -0.15) is 0 Å². The van der Waals surface area contributed by atoms with Crippen molar-refractivity contribution in [2.45, 2.75) is 6.54 Å². The first-order valence-electron chi connectivity index (χ1n) is 4.80. The van der Waals surface area contributed by atoms with Crippen LogP contribution >= 0.6 is 0 Å². The molecule has 1 aromatic carbocycles. The fourth-order valence-corrected chi connectivity index (χ4v) is 1.73. The second-order valence-electron chi connectivity index (χ2n) is 3.34. The van der Waals surface area contributed by atoms with Gasteiger partial charge in [-0.05, 0) is 17.5 Å². The van der Waals surface area contributed by atoms with Crippen LogP contribution in [0.2, 0.25) is 0 Å². The highest BCUT2D eigenvalue weighted by Crippen LogP contribution is 2.15. The van der Waals surface area contributed by atoms with Crippen LogP contribution in [0, 0.1) is 12.3 Å². The van der Waals surface area contributed by atoms with Crippen molar-refractivity contribution >= 4 is 17.2 Å². The van der Waals surface area contributed by atoms with Crippen molar-refractivity contribution in [3.63, 3.8) is 0 Å². The predicted molar refractivity (Wildman–Crippen MR) is 62.2 cm³/mol. The number of terminal acetylenes is 1. The molecule has 3 heteroatoms. The van der Waals surface area contributed by atoms with Crippen molar-refractivity contribution in [3.8, 4) is 12.3 Å². The number of aldehydes is 1. The number of hydrogen-bond donors (Lipinski definition) is 0. The summed E-state index contributed by atoms with van der Waals surface area (Å²) in [6.07, 6.45) is 6.07. The molecular formula is C13H9NO2. The average Bonchev–Trinajstić information content (AvgIpc) is 2.32. The third-order valence-corrected chi connectivity index (χ3v) is 2.42. The Bertz CT molecular complexity index is 647. The molecule has 3 nitrogen and oxygen atoms in total. The first-order chi connectivity index (χ1) is 7.77. The van der Waals surface area contributed by atoms with Gasteiger partial charge in [-0.1, -0.05) is 18.1 Å². The third kappa shape index (κ3) is 1.51. The van der Waals surface area contributed by atoms with Gasteiger partial charge in [-0.15, -0.1) is 6.42 Å². The zero-order valence-corrected chi connectivity index (χ0v) is 8.51. The van der Waals surface area contributed by atoms with Gasteiger partial charge in [0.25, 0.3) is 5.56 Å². The Morgan fingerprint density at radius 1 is 1.31 bits per heavy atom. The summed E-state index contributed by atoms with van der Waals surface area (Å²) in [4.78, 5) is 22.2. The number of aromatic nitrogens is 1. The summed E-state index contributed by atoms with van der Waals surface area (Å²) in [5.74, 6) is 2.52. The van der Waals surface area contributed by atoms with Crippen LogP contribution in [-0.4, -0.2) is 10.9 Å². The van der Waals surface area contributed by atoms with Gasteiger partial charge in [0.15, 0.2) is 0 Å². The van der Waals surface area contributed by atoms with Crippen LogP contribution in [0.3, 0.4) is 0 Å². The fraction of sp³-hybridized carbons (Fsp3) is 0.0769. The van der Waals surface area contributed by atoms with Crippen molar-refractivity contribution in [3.05, 3.63) is 46.2 Å². The second kappa shape index (κ2) is 4.03. The normalized spacial score (nSPS) is 9.94. The van der Waals surface area contributed by atoms with Crippen LogP contribution in [0.1, 0.15) is 5.56 Å². The molecule has 0 atom stereocenters. The number of benzene rings is 1. The smallest absolute Gasteiger partial charge is 0.251 e. The first-order valence-corrected chi connectivity index (χ1v) is 4.80. The highest BCUT2D eigenvalue weighted by molar-refractivity contribution is 5.85. The summed E-state index contributed by atoms with van der Waals surface area (Å²) >= 11 is 0. The molecule has 2 rings (SSSR count). The number of para-hydroxylation sites is 1. The highest BCUT2D eigenvalue weighted by Gasteiger charge is 2.05. The van der Waals surface area contributed by atoms with Crippen LogP contribution in [0.5, 0.6) is 0 Å². The molecule has 0 spiro atoms. The van der Waals surface area contributed by atoms with Crippen molar-refractivity contribution in [2.75, 3.05) is 0 Å². The van der Waals surface area contributed by atoms with Crippen LogP contribution in [0.25, 0.3) is 10.9 Å². The largest absolute Gasteiger partial charge is 0.301 e. The summed E-state index contributed by atoms with van der Waals surface area (Å²) in [5, 5.41) is 0.858. The molecule has 0 aliphatic rings. The van der Waals surface area contributed by atoms with Gasteiger partial charge < -0.3 is 4.79 Å². The van der Waals surface area contributed by atoms with E-state index in [-0.39, 0.29) is 12.1 Å². The Morgan fingerprint density at radius 2 is 2.12 bits per heavy atom. The third-order valence-electron chi connectivity index (χ3n) is 2.42. The van der Waals surface area contributed by atoms with E-state index in [4.69, 9.17) is 6.42 Å². The standard InChI is InChI=1S/C13H9NO2/c1-2-10-4-3-5-11-6-7-12(16)14(8-9-15)13(10)11/h1,3-7,9H,8H2. The summed E-state index contributed by atoms with van der Waals surface area (Å²) in [6.45, 7) is 0.0227. The summed E-state index contributed by atoms with van der Waals surface area (Å²) < 4.78 is 1.39. The molecule has 78 valence electrons. The maximum atomic E-state index is 11.6. The van der Waals surface area contributed by atoms with Gasteiger partial charge in [0, 0.05) is 11.6 Å². The van der Waals surface area contributed by atoms with Crippen molar-refractivity contribution < 1.29 is 4.79 Å². The average molecular weight is 211 g/mol. The van der Waals surface area contributed by atoms with E-state index in [0.29, 0.717) is 17.4 Å². The van der Waals surface area contributed by atoms with E-state index in [0.717, 1.165) is 5.39 Å². The molecule has 0 saturated carbocycles. The van der Waals surface area contributed by atoms with Gasteiger partial charge in [0.05, 0.1) is 12.1 Å². The van der Waals surface area contributed by atoms with Gasteiger partial charge >= 0.3 is 0 Å². The molecule has 0 bridgehead atoms. The van der Waals surface area contributed by atoms with E-state index in [1.54, 1.807) is 12.1 Å². The molecule has 1 heterocycles. The maximum Gasteiger partial charge on any atom is 0.251 e. The number of rotatable bonds is 2. The lowest BCUT2D eigenvalue weighted by molar-refractivity contribution is -0.108. The second-order valence-corrected chi connectivity index (χ2v) is 3.34. The number of fused-ring (bicyclic) bond motifs is 1. The van der Waals surface area contributed by atoms with Crippen molar-refractivity contribution in [1.29, 1.82) is 0 Å². The molecule has 0 aliphatic heterocycles. The lowest BCUT2D eigenvalue weighted by Crippen LogP contribution is -2.20. The fourth-order valence-electron chi connectivity index (χ4n) is 1.73. The molecule has 0 N–H and O–H groups in total. The van der Waals surface area contributed by atoms with Gasteiger partial charge in [0.1, 0.15) is 6.29 Å². The Kier molecular flexibility index (Phi) is 2.57. The number of carbonyl (C=O) groups excluding carboxylic acids is 1. The quantitative estimate of drug-likeness (QED) is 0.552. The zero-order chi connectivity index (χ0) is 11.5. The first kappa shape index (κ1) is 10.2. The Balaban J connectivity index is 2.95. The van der Waals surface area contributed by atoms with Gasteiger partial charge in [-0.3, -0.25) is 9.36 Å². The van der Waals surface area contributed by atoms with Gasteiger partial charge in [-0.25, -0.2) is 0 Å². The number of nitrogens with zero attached hydrogens (tertiary/aromatic N) is 1. The minimum atomic E-state index is -0.220. The summed E-state index contributed by atoms with van der Waals surface area (Å²) in [7, 11) is 0. The minimum Gasteiger partial charge on any atom is -0.301 e. The van der Waals surface area contributed by atoms with Crippen LogP contribution < -0.4 is 5.56 Å². The molecule has 0 aliphatic carbocycles. The van der Waals surface area contributed by atoms with Crippen LogP contribution in [0.15, 0.2) is 35.1 Å². The lowest BCUT2D eigenvalue weighted by atomic mass is 10.1. The van der Waals surface area contributed by atoms with E-state index in [1.165, 1.54) is 10.6 Å². The molecule has 0 fully saturated rings. The predicted octanol–water partition coefficient (Wildman–Crippen LogP) is 1.18. The van der Waals surface area contributed by atoms with E-state index >= 15 is 0 Å². The van der Waals surface area contributed by atoms with Crippen LogP contribution in [0.4, 0.5) is 0 Å². The zero-order valence-electron chi connectivity index (χ0n) is 8.51. The number of hydrogen-bond acceptors (Lipinski definition) is 2. The molecular weight excluding hydrogens is 202 g/mol. The molecule has 16 heavy (non-hydrogen) atoms. The van der Waals surface area contributed by atoms with Crippen molar-refractivity contribution in [2.24, 2.45) is 0 Å². The topological polar surface area (TPSA) is 39.1 Å². The van der Waals surface area contributed by atoms with Gasteiger partial charge in [0.2, 0.25) is 0 Å². The molecule has 0 amide bonds. The van der Waals surface area contributed by atoms with E-state index < -0.39 is 0 Å². The molecule has 1 aromatic heterocycles. The summed E-state index contributed by atoms with van der Waals surface area (Å²) in [5.41, 5.74) is 1.05. The van der Waals surface area contributed by atoms with Crippen molar-refractivity contribution in [1.82, 2.24) is 4.57 Å². The van der Waals surface area contributed by atoms with Crippen LogP contribution in [-0.2, 0) is 11.3 Å². The van der Waals surface area contributed by atoms with E-state index in [2.05, 4.69) is 5.92 Å². The molecule has 0 unspecified atom stereocenters. The minimum absolute atomic E-state index is 0.0227.